The number of carbonyl (C=O) groups is 1. The Balaban J connectivity index is 2.04. The summed E-state index contributed by atoms with van der Waals surface area (Å²) in [5, 5.41) is 3.25. The average molecular weight is 460 g/mol. The number of hydrogen-bond donors (Lipinski definition) is 1. The van der Waals surface area contributed by atoms with Crippen molar-refractivity contribution >= 4 is 39.2 Å². The van der Waals surface area contributed by atoms with E-state index in [1.54, 1.807) is 17.3 Å². The quantitative estimate of drug-likeness (QED) is 0.716. The number of aromatic nitrogens is 2. The van der Waals surface area contributed by atoms with Crippen molar-refractivity contribution in [2.75, 3.05) is 44.5 Å². The first-order valence-corrected chi connectivity index (χ1v) is 10.3. The van der Waals surface area contributed by atoms with Crippen LogP contribution in [0.4, 0.5) is 16.4 Å². The third-order valence-electron chi connectivity index (χ3n) is 4.82. The van der Waals surface area contributed by atoms with Gasteiger partial charge in [0.2, 0.25) is 5.95 Å². The molecular formula is C21H26BrN5O2. The van der Waals surface area contributed by atoms with Crippen LogP contribution in [-0.2, 0) is 4.74 Å². The fourth-order valence-electron chi connectivity index (χ4n) is 3.37. The van der Waals surface area contributed by atoms with Crippen LogP contribution in [0.2, 0.25) is 0 Å². The summed E-state index contributed by atoms with van der Waals surface area (Å²) in [4.78, 5) is 25.0. The van der Waals surface area contributed by atoms with Crippen LogP contribution >= 0.6 is 15.9 Å². The van der Waals surface area contributed by atoms with E-state index in [4.69, 9.17) is 4.74 Å². The predicted octanol–water partition coefficient (Wildman–Crippen LogP) is 4.33. The number of ether oxygens (including phenoxy) is 1. The van der Waals surface area contributed by atoms with Crippen LogP contribution in [0.15, 0.2) is 41.1 Å². The molecule has 0 spiro atoms. The SMILES string of the molecule is CCOC(=O)N1CCC(c2cc(Br)ccc2NC)=CC1c1cnc(N(C)C)nc1. The molecule has 154 valence electrons. The van der Waals surface area contributed by atoms with Crippen molar-refractivity contribution in [2.24, 2.45) is 0 Å². The smallest absolute Gasteiger partial charge is 0.410 e. The molecule has 2 heterocycles. The van der Waals surface area contributed by atoms with Crippen molar-refractivity contribution in [1.29, 1.82) is 0 Å². The number of benzene rings is 1. The van der Waals surface area contributed by atoms with Crippen LogP contribution in [0, 0.1) is 0 Å². The van der Waals surface area contributed by atoms with Crippen molar-refractivity contribution in [3.05, 3.63) is 52.3 Å². The summed E-state index contributed by atoms with van der Waals surface area (Å²) in [7, 11) is 5.70. The number of nitrogens with one attached hydrogen (secondary N) is 1. The second-order valence-corrected chi connectivity index (χ2v) is 7.85. The molecule has 0 bridgehead atoms. The fourth-order valence-corrected chi connectivity index (χ4v) is 3.73. The lowest BCUT2D eigenvalue weighted by molar-refractivity contribution is 0.0967. The zero-order valence-corrected chi connectivity index (χ0v) is 18.7. The van der Waals surface area contributed by atoms with Crippen molar-refractivity contribution in [3.8, 4) is 0 Å². The standard InChI is InChI=1S/C21H26BrN5O2/c1-5-29-21(28)27-9-8-14(17-11-16(22)6-7-18(17)23-2)10-19(27)15-12-24-20(25-13-15)26(3)4/h6-7,10-13,19,23H,5,8-9H2,1-4H3. The van der Waals surface area contributed by atoms with Gasteiger partial charge in [0.25, 0.3) is 0 Å². The minimum atomic E-state index is -0.326. The van der Waals surface area contributed by atoms with Gasteiger partial charge < -0.3 is 15.0 Å². The van der Waals surface area contributed by atoms with Gasteiger partial charge in [-0.05, 0) is 37.1 Å². The lowest BCUT2D eigenvalue weighted by Crippen LogP contribution is -2.38. The Morgan fingerprint density at radius 3 is 2.69 bits per heavy atom. The van der Waals surface area contributed by atoms with Crippen LogP contribution in [0.1, 0.15) is 30.5 Å². The molecule has 1 aromatic carbocycles. The molecule has 1 aromatic heterocycles. The Bertz CT molecular complexity index is 898. The molecule has 8 heteroatoms. The van der Waals surface area contributed by atoms with Crippen LogP contribution in [0.5, 0.6) is 0 Å². The molecule has 1 N–H and O–H groups in total. The molecule has 0 saturated heterocycles. The number of hydrogen-bond acceptors (Lipinski definition) is 6. The van der Waals surface area contributed by atoms with E-state index in [0.29, 0.717) is 19.1 Å². The van der Waals surface area contributed by atoms with E-state index in [1.807, 2.05) is 45.1 Å². The zero-order chi connectivity index (χ0) is 21.0. The van der Waals surface area contributed by atoms with Crippen molar-refractivity contribution in [1.82, 2.24) is 14.9 Å². The van der Waals surface area contributed by atoms with E-state index < -0.39 is 0 Å². The van der Waals surface area contributed by atoms with Crippen LogP contribution in [-0.4, -0.2) is 55.3 Å². The Labute approximate surface area is 179 Å². The number of halogens is 1. The number of nitrogens with zero attached hydrogens (tertiary/aromatic N) is 4. The fraction of sp³-hybridized carbons (Fsp3) is 0.381. The first-order chi connectivity index (χ1) is 13.9. The van der Waals surface area contributed by atoms with Crippen LogP contribution in [0.25, 0.3) is 5.57 Å². The zero-order valence-electron chi connectivity index (χ0n) is 17.1. The molecule has 3 rings (SSSR count). The highest BCUT2D eigenvalue weighted by molar-refractivity contribution is 9.10. The number of carbonyl (C=O) groups excluding carboxylic acids is 1. The van der Waals surface area contributed by atoms with Crippen LogP contribution < -0.4 is 10.2 Å². The molecule has 0 fully saturated rings. The van der Waals surface area contributed by atoms with Gasteiger partial charge in [-0.3, -0.25) is 4.90 Å². The predicted molar refractivity (Wildman–Crippen MR) is 119 cm³/mol. The molecule has 0 radical (unpaired) electrons. The molecule has 1 unspecified atom stereocenters. The summed E-state index contributed by atoms with van der Waals surface area (Å²) in [6, 6.07) is 5.86. The highest BCUT2D eigenvalue weighted by Gasteiger charge is 2.30. The minimum Gasteiger partial charge on any atom is -0.450 e. The van der Waals surface area contributed by atoms with E-state index >= 15 is 0 Å². The Morgan fingerprint density at radius 1 is 1.34 bits per heavy atom. The van der Waals surface area contributed by atoms with E-state index in [2.05, 4.69) is 43.4 Å². The molecular weight excluding hydrogens is 434 g/mol. The first kappa shape index (κ1) is 21.1. The van der Waals surface area contributed by atoms with Gasteiger partial charge in [0, 0.05) is 61.4 Å². The first-order valence-electron chi connectivity index (χ1n) is 9.55. The summed E-state index contributed by atoms with van der Waals surface area (Å²) in [5.74, 6) is 0.626. The Morgan fingerprint density at radius 2 is 2.07 bits per heavy atom. The third-order valence-corrected chi connectivity index (χ3v) is 5.31. The second-order valence-electron chi connectivity index (χ2n) is 6.93. The molecule has 0 aliphatic carbocycles. The van der Waals surface area contributed by atoms with E-state index in [-0.39, 0.29) is 12.1 Å². The molecule has 2 aromatic rings. The maximum atomic E-state index is 12.6. The lowest BCUT2D eigenvalue weighted by atomic mass is 9.92. The summed E-state index contributed by atoms with van der Waals surface area (Å²) in [6.07, 6.45) is 6.07. The minimum absolute atomic E-state index is 0.294. The molecule has 29 heavy (non-hydrogen) atoms. The summed E-state index contributed by atoms with van der Waals surface area (Å²) < 4.78 is 6.30. The van der Waals surface area contributed by atoms with E-state index in [9.17, 15) is 4.79 Å². The Hall–Kier alpha value is -2.61. The maximum absolute atomic E-state index is 12.6. The lowest BCUT2D eigenvalue weighted by Gasteiger charge is -2.34. The van der Waals surface area contributed by atoms with Gasteiger partial charge in [0.05, 0.1) is 12.6 Å². The Kier molecular flexibility index (Phi) is 6.74. The normalized spacial score (nSPS) is 16.2. The maximum Gasteiger partial charge on any atom is 0.410 e. The van der Waals surface area contributed by atoms with Gasteiger partial charge >= 0.3 is 6.09 Å². The molecule has 0 saturated carbocycles. The van der Waals surface area contributed by atoms with Crippen molar-refractivity contribution in [3.63, 3.8) is 0 Å². The number of anilines is 2. The number of amides is 1. The van der Waals surface area contributed by atoms with Gasteiger partial charge in [-0.15, -0.1) is 0 Å². The van der Waals surface area contributed by atoms with Crippen molar-refractivity contribution < 1.29 is 9.53 Å². The number of rotatable bonds is 5. The largest absolute Gasteiger partial charge is 0.450 e. The van der Waals surface area contributed by atoms with E-state index in [1.165, 1.54) is 0 Å². The van der Waals surface area contributed by atoms with Gasteiger partial charge in [0.1, 0.15) is 0 Å². The van der Waals surface area contributed by atoms with Crippen LogP contribution in [0.3, 0.4) is 0 Å². The summed E-state index contributed by atoms with van der Waals surface area (Å²) >= 11 is 3.57. The molecule has 1 aliphatic rings. The third kappa shape index (κ3) is 4.70. The topological polar surface area (TPSA) is 70.6 Å². The molecule has 1 aliphatic heterocycles. The van der Waals surface area contributed by atoms with Gasteiger partial charge in [0.15, 0.2) is 0 Å². The summed E-state index contributed by atoms with van der Waals surface area (Å²) in [6.45, 7) is 2.71. The van der Waals surface area contributed by atoms with Gasteiger partial charge in [-0.1, -0.05) is 22.0 Å². The average Bonchev–Trinajstić information content (AvgIpc) is 2.73. The van der Waals surface area contributed by atoms with Crippen molar-refractivity contribution in [2.45, 2.75) is 19.4 Å². The van der Waals surface area contributed by atoms with Gasteiger partial charge in [-0.25, -0.2) is 14.8 Å². The second kappa shape index (κ2) is 9.26. The van der Waals surface area contributed by atoms with E-state index in [0.717, 1.165) is 33.3 Å². The molecule has 1 atom stereocenters. The monoisotopic (exact) mass is 459 g/mol. The highest BCUT2D eigenvalue weighted by atomic mass is 79.9. The van der Waals surface area contributed by atoms with Gasteiger partial charge in [-0.2, -0.15) is 0 Å². The highest BCUT2D eigenvalue weighted by Crippen LogP contribution is 2.37. The molecule has 1 amide bonds. The summed E-state index contributed by atoms with van der Waals surface area (Å²) in [5.41, 5.74) is 4.17. The molecule has 7 nitrogen and oxygen atoms in total.